The van der Waals surface area contributed by atoms with E-state index in [4.69, 9.17) is 0 Å². The molecule has 0 bridgehead atoms. The molecule has 2 aromatic rings. The van der Waals surface area contributed by atoms with E-state index >= 15 is 0 Å². The van der Waals surface area contributed by atoms with Crippen molar-refractivity contribution in [1.29, 1.82) is 0 Å². The van der Waals surface area contributed by atoms with Crippen LogP contribution < -0.4 is 5.32 Å². The molecule has 1 aliphatic rings. The van der Waals surface area contributed by atoms with Crippen LogP contribution in [-0.4, -0.2) is 5.11 Å². The van der Waals surface area contributed by atoms with Gasteiger partial charge in [-0.1, -0.05) is 43.2 Å². The molecule has 0 saturated heterocycles. The van der Waals surface area contributed by atoms with Crippen LogP contribution in [0.5, 0.6) is 5.75 Å². The molecule has 1 atom stereocenters. The van der Waals surface area contributed by atoms with Crippen molar-refractivity contribution in [2.75, 3.05) is 0 Å². The zero-order valence-electron chi connectivity index (χ0n) is 12.6. The van der Waals surface area contributed by atoms with Crippen LogP contribution in [0.1, 0.15) is 42.9 Å². The summed E-state index contributed by atoms with van der Waals surface area (Å²) in [4.78, 5) is 0. The molecule has 0 spiro atoms. The third-order valence-electron chi connectivity index (χ3n) is 4.55. The Morgan fingerprint density at radius 3 is 2.59 bits per heavy atom. The first-order valence-corrected chi connectivity index (χ1v) is 8.00. The molecule has 1 fully saturated rings. The van der Waals surface area contributed by atoms with Gasteiger partial charge in [-0.3, -0.25) is 0 Å². The standard InChI is InChI=1S/C19H22FNO/c20-18-11-4-3-10-17(18)19(15-7-1-2-8-15)21-13-14-6-5-9-16(22)12-14/h3-6,9-12,15,19,21-22H,1-2,7-8,13H2. The van der Waals surface area contributed by atoms with E-state index in [1.54, 1.807) is 18.2 Å². The van der Waals surface area contributed by atoms with Gasteiger partial charge >= 0.3 is 0 Å². The molecule has 0 amide bonds. The molecule has 3 rings (SSSR count). The van der Waals surface area contributed by atoms with Gasteiger partial charge in [-0.2, -0.15) is 0 Å². The maximum atomic E-state index is 14.2. The maximum absolute atomic E-state index is 14.2. The minimum atomic E-state index is -0.136. The number of phenols is 1. The average molecular weight is 299 g/mol. The van der Waals surface area contributed by atoms with Crippen LogP contribution in [-0.2, 0) is 6.54 Å². The lowest BCUT2D eigenvalue weighted by atomic mass is 9.91. The number of rotatable bonds is 5. The predicted molar refractivity (Wildman–Crippen MR) is 86.0 cm³/mol. The van der Waals surface area contributed by atoms with Gasteiger partial charge in [0, 0.05) is 18.2 Å². The summed E-state index contributed by atoms with van der Waals surface area (Å²) in [6.07, 6.45) is 4.74. The first-order chi connectivity index (χ1) is 10.7. The molecule has 0 radical (unpaired) electrons. The average Bonchev–Trinajstić information content (AvgIpc) is 3.03. The first-order valence-electron chi connectivity index (χ1n) is 8.00. The minimum absolute atomic E-state index is 0.0334. The smallest absolute Gasteiger partial charge is 0.127 e. The van der Waals surface area contributed by atoms with Gasteiger partial charge in [0.2, 0.25) is 0 Å². The lowest BCUT2D eigenvalue weighted by Crippen LogP contribution is -2.27. The van der Waals surface area contributed by atoms with Crippen molar-refractivity contribution < 1.29 is 9.50 Å². The zero-order chi connectivity index (χ0) is 15.4. The number of hydrogen-bond acceptors (Lipinski definition) is 2. The third-order valence-corrected chi connectivity index (χ3v) is 4.55. The molecule has 3 heteroatoms. The number of nitrogens with one attached hydrogen (secondary N) is 1. The number of aromatic hydroxyl groups is 1. The Morgan fingerprint density at radius 2 is 1.86 bits per heavy atom. The Bertz CT molecular complexity index is 622. The predicted octanol–water partition coefficient (Wildman–Crippen LogP) is 4.55. The Kier molecular flexibility index (Phi) is 4.74. The van der Waals surface area contributed by atoms with Crippen molar-refractivity contribution in [2.45, 2.75) is 38.3 Å². The van der Waals surface area contributed by atoms with Crippen LogP contribution in [0.3, 0.4) is 0 Å². The summed E-state index contributed by atoms with van der Waals surface area (Å²) in [5.74, 6) is 0.611. The molecule has 1 unspecified atom stereocenters. The van der Waals surface area contributed by atoms with Crippen molar-refractivity contribution >= 4 is 0 Å². The molecule has 1 aliphatic carbocycles. The van der Waals surface area contributed by atoms with E-state index in [-0.39, 0.29) is 17.6 Å². The normalized spacial score (nSPS) is 16.8. The van der Waals surface area contributed by atoms with Crippen LogP contribution in [0.15, 0.2) is 48.5 Å². The molecule has 2 N–H and O–H groups in total. The topological polar surface area (TPSA) is 32.3 Å². The van der Waals surface area contributed by atoms with E-state index in [1.165, 1.54) is 18.9 Å². The van der Waals surface area contributed by atoms with E-state index in [0.29, 0.717) is 12.5 Å². The minimum Gasteiger partial charge on any atom is -0.508 e. The SMILES string of the molecule is Oc1cccc(CNC(c2ccccc2F)C2CCCC2)c1. The second-order valence-electron chi connectivity index (χ2n) is 6.09. The third kappa shape index (κ3) is 3.47. The van der Waals surface area contributed by atoms with E-state index in [0.717, 1.165) is 24.0 Å². The summed E-state index contributed by atoms with van der Waals surface area (Å²) < 4.78 is 14.2. The van der Waals surface area contributed by atoms with Gasteiger partial charge in [-0.05, 0) is 42.5 Å². The van der Waals surface area contributed by atoms with Gasteiger partial charge < -0.3 is 10.4 Å². The molecule has 22 heavy (non-hydrogen) atoms. The van der Waals surface area contributed by atoms with E-state index in [1.807, 2.05) is 24.3 Å². The summed E-state index contributed by atoms with van der Waals surface area (Å²) in [6, 6.07) is 14.3. The number of halogens is 1. The van der Waals surface area contributed by atoms with Gasteiger partial charge in [0.15, 0.2) is 0 Å². The summed E-state index contributed by atoms with van der Waals surface area (Å²) in [7, 11) is 0. The van der Waals surface area contributed by atoms with E-state index in [9.17, 15) is 9.50 Å². The molecule has 116 valence electrons. The zero-order valence-corrected chi connectivity index (χ0v) is 12.6. The Morgan fingerprint density at radius 1 is 1.09 bits per heavy atom. The fourth-order valence-electron chi connectivity index (χ4n) is 3.44. The highest BCUT2D eigenvalue weighted by Gasteiger charge is 2.27. The van der Waals surface area contributed by atoms with Crippen LogP contribution in [0.25, 0.3) is 0 Å². The summed E-state index contributed by atoms with van der Waals surface area (Å²) >= 11 is 0. The van der Waals surface area contributed by atoms with Crippen LogP contribution in [0.4, 0.5) is 4.39 Å². The molecule has 1 saturated carbocycles. The molecule has 0 aliphatic heterocycles. The Hall–Kier alpha value is -1.87. The molecule has 2 nitrogen and oxygen atoms in total. The summed E-state index contributed by atoms with van der Waals surface area (Å²) in [6.45, 7) is 0.629. The second-order valence-corrected chi connectivity index (χ2v) is 6.09. The maximum Gasteiger partial charge on any atom is 0.127 e. The van der Waals surface area contributed by atoms with Crippen LogP contribution >= 0.6 is 0 Å². The molecular weight excluding hydrogens is 277 g/mol. The molecule has 2 aromatic carbocycles. The summed E-state index contributed by atoms with van der Waals surface area (Å²) in [5, 5.41) is 13.1. The lowest BCUT2D eigenvalue weighted by molar-refractivity contribution is 0.355. The second kappa shape index (κ2) is 6.93. The van der Waals surface area contributed by atoms with Gasteiger partial charge in [-0.25, -0.2) is 4.39 Å². The van der Waals surface area contributed by atoms with E-state index in [2.05, 4.69) is 5.32 Å². The monoisotopic (exact) mass is 299 g/mol. The van der Waals surface area contributed by atoms with Crippen molar-refractivity contribution in [3.63, 3.8) is 0 Å². The largest absolute Gasteiger partial charge is 0.508 e. The Labute approximate surface area is 131 Å². The lowest BCUT2D eigenvalue weighted by Gasteiger charge is -2.26. The molecular formula is C19H22FNO. The van der Waals surface area contributed by atoms with Gasteiger partial charge in [-0.15, -0.1) is 0 Å². The van der Waals surface area contributed by atoms with Crippen molar-refractivity contribution in [1.82, 2.24) is 5.32 Å². The van der Waals surface area contributed by atoms with Crippen molar-refractivity contribution in [2.24, 2.45) is 5.92 Å². The van der Waals surface area contributed by atoms with Crippen molar-refractivity contribution in [3.8, 4) is 5.75 Å². The highest BCUT2D eigenvalue weighted by atomic mass is 19.1. The van der Waals surface area contributed by atoms with Gasteiger partial charge in [0.05, 0.1) is 0 Å². The van der Waals surface area contributed by atoms with Gasteiger partial charge in [0.25, 0.3) is 0 Å². The number of hydrogen-bond donors (Lipinski definition) is 2. The number of benzene rings is 2. The fraction of sp³-hybridized carbons (Fsp3) is 0.368. The van der Waals surface area contributed by atoms with Crippen LogP contribution in [0.2, 0.25) is 0 Å². The first kappa shape index (κ1) is 15.0. The Balaban J connectivity index is 1.78. The van der Waals surface area contributed by atoms with Crippen molar-refractivity contribution in [3.05, 3.63) is 65.5 Å². The number of phenolic OH excluding ortho intramolecular Hbond substituents is 1. The molecule has 0 aromatic heterocycles. The highest BCUT2D eigenvalue weighted by Crippen LogP contribution is 2.36. The highest BCUT2D eigenvalue weighted by molar-refractivity contribution is 5.28. The molecule has 0 heterocycles. The summed E-state index contributed by atoms with van der Waals surface area (Å²) in [5.41, 5.74) is 1.77. The fourth-order valence-corrected chi connectivity index (χ4v) is 3.44. The quantitative estimate of drug-likeness (QED) is 0.848. The van der Waals surface area contributed by atoms with Gasteiger partial charge in [0.1, 0.15) is 11.6 Å². The van der Waals surface area contributed by atoms with E-state index < -0.39 is 0 Å². The van der Waals surface area contributed by atoms with Crippen LogP contribution in [0, 0.1) is 11.7 Å².